The highest BCUT2D eigenvalue weighted by atomic mass is 19.4. The maximum Gasteiger partial charge on any atom is 0.471 e. The Hall–Kier alpha value is -1.47. The van der Waals surface area contributed by atoms with Crippen LogP contribution in [0.25, 0.3) is 0 Å². The van der Waals surface area contributed by atoms with Crippen LogP contribution < -0.4 is 5.32 Å². The van der Waals surface area contributed by atoms with Gasteiger partial charge in [0.15, 0.2) is 0 Å². The number of rotatable bonds is 1. The van der Waals surface area contributed by atoms with Gasteiger partial charge in [0.1, 0.15) is 0 Å². The molecule has 0 aromatic heterocycles. The number of hydrogen-bond donors (Lipinski definition) is 2. The Morgan fingerprint density at radius 3 is 2.12 bits per heavy atom. The van der Waals surface area contributed by atoms with E-state index in [0.717, 1.165) is 0 Å². The normalized spacial score (nSPS) is 18.3. The predicted octanol–water partition coefficient (Wildman–Crippen LogP) is 0.807. The van der Waals surface area contributed by atoms with Crippen molar-refractivity contribution in [3.8, 4) is 0 Å². The summed E-state index contributed by atoms with van der Waals surface area (Å²) in [5.41, 5.74) is 0. The molecule has 0 aromatic carbocycles. The monoisotopic (exact) mass is 240 g/mol. The van der Waals surface area contributed by atoms with E-state index in [1.807, 2.05) is 0 Å². The summed E-state index contributed by atoms with van der Waals surface area (Å²) in [6.45, 7) is -0.160. The molecule has 0 unspecified atom stereocenters. The van der Waals surface area contributed by atoms with Crippen LogP contribution >= 0.6 is 0 Å². The van der Waals surface area contributed by atoms with Crippen molar-refractivity contribution >= 4 is 12.0 Å². The van der Waals surface area contributed by atoms with E-state index in [-0.39, 0.29) is 32.0 Å². The number of alkyl halides is 3. The van der Waals surface area contributed by atoms with E-state index in [9.17, 15) is 22.8 Å². The lowest BCUT2D eigenvalue weighted by atomic mass is 10.1. The molecule has 0 saturated carbocycles. The molecule has 1 aliphatic rings. The predicted molar refractivity (Wildman–Crippen MR) is 46.8 cm³/mol. The SMILES string of the molecule is O=C(O)NC1CCN(C(=O)C(F)(F)F)CC1. The zero-order valence-electron chi connectivity index (χ0n) is 8.25. The molecule has 1 aliphatic heterocycles. The van der Waals surface area contributed by atoms with Crippen molar-refractivity contribution in [1.29, 1.82) is 0 Å². The van der Waals surface area contributed by atoms with Crippen molar-refractivity contribution in [3.63, 3.8) is 0 Å². The topological polar surface area (TPSA) is 69.6 Å². The first-order valence-electron chi connectivity index (χ1n) is 4.66. The van der Waals surface area contributed by atoms with E-state index in [1.165, 1.54) is 0 Å². The summed E-state index contributed by atoms with van der Waals surface area (Å²) in [6, 6.07) is -0.380. The Balaban J connectivity index is 2.43. The molecule has 92 valence electrons. The molecule has 0 bridgehead atoms. The van der Waals surface area contributed by atoms with Gasteiger partial charge in [0.05, 0.1) is 0 Å². The first-order valence-corrected chi connectivity index (χ1v) is 4.66. The molecule has 1 fully saturated rings. The number of nitrogens with zero attached hydrogens (tertiary/aromatic N) is 1. The summed E-state index contributed by atoms with van der Waals surface area (Å²) in [7, 11) is 0. The smallest absolute Gasteiger partial charge is 0.465 e. The maximum atomic E-state index is 12.0. The van der Waals surface area contributed by atoms with Gasteiger partial charge in [0.2, 0.25) is 0 Å². The maximum absolute atomic E-state index is 12.0. The number of likely N-dealkylation sites (tertiary alicyclic amines) is 1. The average Bonchev–Trinajstić information content (AvgIpc) is 2.15. The fourth-order valence-electron chi connectivity index (χ4n) is 1.58. The minimum absolute atomic E-state index is 0.0801. The summed E-state index contributed by atoms with van der Waals surface area (Å²) < 4.78 is 36.1. The summed E-state index contributed by atoms with van der Waals surface area (Å²) in [6.07, 6.45) is -5.66. The fraction of sp³-hybridized carbons (Fsp3) is 0.750. The molecular weight excluding hydrogens is 229 g/mol. The first-order chi connectivity index (χ1) is 7.30. The van der Waals surface area contributed by atoms with Crippen LogP contribution in [0.2, 0.25) is 0 Å². The second kappa shape index (κ2) is 4.58. The van der Waals surface area contributed by atoms with E-state index in [2.05, 4.69) is 5.32 Å². The van der Waals surface area contributed by atoms with Gasteiger partial charge < -0.3 is 15.3 Å². The third-order valence-corrected chi connectivity index (χ3v) is 2.35. The molecule has 8 heteroatoms. The quantitative estimate of drug-likeness (QED) is 0.712. The van der Waals surface area contributed by atoms with Crippen molar-refractivity contribution in [2.45, 2.75) is 25.1 Å². The van der Waals surface area contributed by atoms with Crippen molar-refractivity contribution in [2.75, 3.05) is 13.1 Å². The van der Waals surface area contributed by atoms with Crippen molar-refractivity contribution in [2.24, 2.45) is 0 Å². The van der Waals surface area contributed by atoms with E-state index in [4.69, 9.17) is 5.11 Å². The third kappa shape index (κ3) is 3.28. The number of carbonyl (C=O) groups excluding carboxylic acids is 1. The molecule has 1 saturated heterocycles. The van der Waals surface area contributed by atoms with Gasteiger partial charge in [-0.2, -0.15) is 13.2 Å². The van der Waals surface area contributed by atoms with Crippen LogP contribution in [0.4, 0.5) is 18.0 Å². The molecule has 1 heterocycles. The minimum atomic E-state index is -4.85. The van der Waals surface area contributed by atoms with Crippen LogP contribution in [0.1, 0.15) is 12.8 Å². The van der Waals surface area contributed by atoms with E-state index in [1.54, 1.807) is 0 Å². The molecular formula is C8H11F3N2O3. The zero-order valence-corrected chi connectivity index (χ0v) is 8.25. The van der Waals surface area contributed by atoms with Gasteiger partial charge in [-0.1, -0.05) is 0 Å². The van der Waals surface area contributed by atoms with Gasteiger partial charge in [0, 0.05) is 19.1 Å². The van der Waals surface area contributed by atoms with Crippen molar-refractivity contribution in [1.82, 2.24) is 10.2 Å². The van der Waals surface area contributed by atoms with Crippen LogP contribution in [-0.2, 0) is 4.79 Å². The Morgan fingerprint density at radius 2 is 1.75 bits per heavy atom. The highest BCUT2D eigenvalue weighted by Crippen LogP contribution is 2.21. The lowest BCUT2D eigenvalue weighted by molar-refractivity contribution is -0.186. The van der Waals surface area contributed by atoms with Crippen LogP contribution in [0.5, 0.6) is 0 Å². The molecule has 0 spiro atoms. The molecule has 0 atom stereocenters. The van der Waals surface area contributed by atoms with Gasteiger partial charge in [0.25, 0.3) is 0 Å². The third-order valence-electron chi connectivity index (χ3n) is 2.35. The van der Waals surface area contributed by atoms with Crippen LogP contribution in [0.15, 0.2) is 0 Å². The van der Waals surface area contributed by atoms with E-state index >= 15 is 0 Å². The number of halogens is 3. The summed E-state index contributed by atoms with van der Waals surface area (Å²) in [5, 5.41) is 10.6. The Kier molecular flexibility index (Phi) is 3.61. The fourth-order valence-corrected chi connectivity index (χ4v) is 1.58. The Bertz CT molecular complexity index is 285. The van der Waals surface area contributed by atoms with Gasteiger partial charge in [-0.3, -0.25) is 4.79 Å². The second-order valence-corrected chi connectivity index (χ2v) is 3.51. The lowest BCUT2D eigenvalue weighted by Gasteiger charge is -2.32. The van der Waals surface area contributed by atoms with E-state index < -0.39 is 18.2 Å². The van der Waals surface area contributed by atoms with Gasteiger partial charge in [-0.05, 0) is 12.8 Å². The number of hydrogen-bond acceptors (Lipinski definition) is 2. The second-order valence-electron chi connectivity index (χ2n) is 3.51. The van der Waals surface area contributed by atoms with E-state index in [0.29, 0.717) is 4.90 Å². The van der Waals surface area contributed by atoms with Crippen molar-refractivity contribution in [3.05, 3.63) is 0 Å². The summed E-state index contributed by atoms with van der Waals surface area (Å²) >= 11 is 0. The standard InChI is InChI=1S/C8H11F3N2O3/c9-8(10,11)6(14)13-3-1-5(2-4-13)12-7(15)16/h5,12H,1-4H2,(H,15,16). The largest absolute Gasteiger partial charge is 0.471 e. The zero-order chi connectivity index (χ0) is 12.3. The number of amides is 2. The molecule has 0 radical (unpaired) electrons. The van der Waals surface area contributed by atoms with Crippen molar-refractivity contribution < 1.29 is 27.9 Å². The molecule has 5 nitrogen and oxygen atoms in total. The molecule has 0 aromatic rings. The summed E-state index contributed by atoms with van der Waals surface area (Å²) in [4.78, 5) is 21.8. The van der Waals surface area contributed by atoms with Gasteiger partial charge in [-0.15, -0.1) is 0 Å². The highest BCUT2D eigenvalue weighted by molar-refractivity contribution is 5.81. The van der Waals surface area contributed by atoms with Gasteiger partial charge >= 0.3 is 18.2 Å². The molecule has 0 aliphatic carbocycles. The van der Waals surface area contributed by atoms with Crippen LogP contribution in [0, 0.1) is 0 Å². The molecule has 2 amide bonds. The van der Waals surface area contributed by atoms with Crippen LogP contribution in [-0.4, -0.2) is 47.3 Å². The highest BCUT2D eigenvalue weighted by Gasteiger charge is 2.43. The van der Waals surface area contributed by atoms with Crippen LogP contribution in [0.3, 0.4) is 0 Å². The number of carbonyl (C=O) groups is 2. The Labute approximate surface area is 89.2 Å². The lowest BCUT2D eigenvalue weighted by Crippen LogP contribution is -2.49. The van der Waals surface area contributed by atoms with Gasteiger partial charge in [-0.25, -0.2) is 4.79 Å². The number of nitrogens with one attached hydrogen (secondary N) is 1. The summed E-state index contributed by atoms with van der Waals surface area (Å²) in [5.74, 6) is -1.86. The number of piperidine rings is 1. The Morgan fingerprint density at radius 1 is 1.25 bits per heavy atom. The first kappa shape index (κ1) is 12.6. The molecule has 2 N–H and O–H groups in total. The molecule has 1 rings (SSSR count). The number of carboxylic acid groups (broad SMARTS) is 1. The average molecular weight is 240 g/mol. The minimum Gasteiger partial charge on any atom is -0.465 e. The molecule has 16 heavy (non-hydrogen) atoms.